The summed E-state index contributed by atoms with van der Waals surface area (Å²) in [7, 11) is 0. The van der Waals surface area contributed by atoms with Crippen LogP contribution in [-0.2, 0) is 4.79 Å². The maximum Gasteiger partial charge on any atom is 0.270 e. The van der Waals surface area contributed by atoms with Crippen molar-refractivity contribution in [1.29, 1.82) is 0 Å². The number of nitro groups is 1. The predicted molar refractivity (Wildman–Crippen MR) is 97.6 cm³/mol. The maximum atomic E-state index is 11.9. The van der Waals surface area contributed by atoms with Crippen molar-refractivity contribution in [3.63, 3.8) is 0 Å². The van der Waals surface area contributed by atoms with Gasteiger partial charge in [-0.2, -0.15) is 0 Å². The number of benzene rings is 2. The first-order chi connectivity index (χ1) is 12.1. The SMILES string of the molecule is CCCCOc1ccc(NC(=O)/C=C/c2cccc([N+](=O)[O-])c2)cc1. The third-order valence-corrected chi connectivity index (χ3v) is 3.40. The third-order valence-electron chi connectivity index (χ3n) is 3.40. The van der Waals surface area contributed by atoms with Gasteiger partial charge in [0.1, 0.15) is 5.75 Å². The van der Waals surface area contributed by atoms with Crippen molar-refractivity contribution in [2.45, 2.75) is 19.8 Å². The van der Waals surface area contributed by atoms with Gasteiger partial charge >= 0.3 is 0 Å². The number of carbonyl (C=O) groups excluding carboxylic acids is 1. The number of nitrogens with one attached hydrogen (secondary N) is 1. The second-order valence-electron chi connectivity index (χ2n) is 5.40. The van der Waals surface area contributed by atoms with E-state index in [0.717, 1.165) is 18.6 Å². The predicted octanol–water partition coefficient (Wildman–Crippen LogP) is 4.43. The first-order valence-electron chi connectivity index (χ1n) is 8.05. The first-order valence-corrected chi connectivity index (χ1v) is 8.05. The summed E-state index contributed by atoms with van der Waals surface area (Å²) >= 11 is 0. The number of non-ortho nitro benzene ring substituents is 1. The van der Waals surface area contributed by atoms with Crippen LogP contribution in [0.25, 0.3) is 6.08 Å². The molecule has 2 aromatic carbocycles. The number of anilines is 1. The summed E-state index contributed by atoms with van der Waals surface area (Å²) < 4.78 is 5.56. The number of ether oxygens (including phenoxy) is 1. The fourth-order valence-corrected chi connectivity index (χ4v) is 2.07. The van der Waals surface area contributed by atoms with Crippen LogP contribution in [0.4, 0.5) is 11.4 Å². The molecule has 0 heterocycles. The van der Waals surface area contributed by atoms with Gasteiger partial charge in [0.25, 0.3) is 5.69 Å². The standard InChI is InChI=1S/C19H20N2O4/c1-2-3-13-25-18-10-8-16(9-11-18)20-19(22)12-7-15-5-4-6-17(14-15)21(23)24/h4-12,14H,2-3,13H2,1H3,(H,20,22)/b12-7+. The van der Waals surface area contributed by atoms with Crippen LogP contribution in [0.2, 0.25) is 0 Å². The second kappa shape index (κ2) is 9.22. The number of unbranched alkanes of at least 4 members (excludes halogenated alkanes) is 1. The summed E-state index contributed by atoms with van der Waals surface area (Å²) in [6.07, 6.45) is 4.95. The lowest BCUT2D eigenvalue weighted by Gasteiger charge is -2.06. The summed E-state index contributed by atoms with van der Waals surface area (Å²) in [5.41, 5.74) is 1.22. The van der Waals surface area contributed by atoms with Gasteiger partial charge in [0.2, 0.25) is 5.91 Å². The Morgan fingerprint density at radius 1 is 1.24 bits per heavy atom. The molecule has 1 N–H and O–H groups in total. The molecular weight excluding hydrogens is 320 g/mol. The van der Waals surface area contributed by atoms with E-state index in [4.69, 9.17) is 4.74 Å². The van der Waals surface area contributed by atoms with E-state index in [-0.39, 0.29) is 11.6 Å². The Hall–Kier alpha value is -3.15. The monoisotopic (exact) mass is 340 g/mol. The van der Waals surface area contributed by atoms with Gasteiger partial charge in [0.05, 0.1) is 11.5 Å². The number of nitro benzene ring substituents is 1. The molecule has 0 saturated carbocycles. The van der Waals surface area contributed by atoms with E-state index in [1.54, 1.807) is 36.4 Å². The number of rotatable bonds is 8. The number of nitrogens with zero attached hydrogens (tertiary/aromatic N) is 1. The van der Waals surface area contributed by atoms with Crippen molar-refractivity contribution < 1.29 is 14.5 Å². The smallest absolute Gasteiger partial charge is 0.270 e. The molecule has 0 unspecified atom stereocenters. The van der Waals surface area contributed by atoms with Crippen molar-refractivity contribution in [3.8, 4) is 5.75 Å². The quantitative estimate of drug-likeness (QED) is 0.334. The lowest BCUT2D eigenvalue weighted by molar-refractivity contribution is -0.384. The van der Waals surface area contributed by atoms with Crippen molar-refractivity contribution in [3.05, 3.63) is 70.3 Å². The van der Waals surface area contributed by atoms with Crippen LogP contribution in [0.15, 0.2) is 54.6 Å². The second-order valence-corrected chi connectivity index (χ2v) is 5.40. The topological polar surface area (TPSA) is 81.5 Å². The molecule has 6 nitrogen and oxygen atoms in total. The molecule has 2 rings (SSSR count). The molecule has 6 heteroatoms. The van der Waals surface area contributed by atoms with Crippen LogP contribution in [0.3, 0.4) is 0 Å². The highest BCUT2D eigenvalue weighted by Gasteiger charge is 2.04. The van der Waals surface area contributed by atoms with Gasteiger partial charge in [-0.3, -0.25) is 14.9 Å². The molecule has 0 spiro atoms. The molecule has 0 fully saturated rings. The Labute approximate surface area is 146 Å². The van der Waals surface area contributed by atoms with Gasteiger partial charge in [-0.1, -0.05) is 25.5 Å². The molecule has 130 valence electrons. The molecule has 0 saturated heterocycles. The average Bonchev–Trinajstić information content (AvgIpc) is 2.62. The molecule has 0 aliphatic heterocycles. The summed E-state index contributed by atoms with van der Waals surface area (Å²) in [4.78, 5) is 22.2. The average molecular weight is 340 g/mol. The van der Waals surface area contributed by atoms with Gasteiger partial charge in [0.15, 0.2) is 0 Å². The molecule has 0 aliphatic carbocycles. The van der Waals surface area contributed by atoms with Gasteiger partial charge < -0.3 is 10.1 Å². The molecule has 1 amide bonds. The Balaban J connectivity index is 1.91. The Kier molecular flexibility index (Phi) is 6.71. The van der Waals surface area contributed by atoms with E-state index in [1.165, 1.54) is 24.3 Å². The van der Waals surface area contributed by atoms with Gasteiger partial charge in [0, 0.05) is 23.9 Å². The Morgan fingerprint density at radius 3 is 2.68 bits per heavy atom. The Bertz CT molecular complexity index is 754. The zero-order chi connectivity index (χ0) is 18.1. The molecule has 2 aromatic rings. The largest absolute Gasteiger partial charge is 0.494 e. The minimum absolute atomic E-state index is 0.0128. The minimum Gasteiger partial charge on any atom is -0.494 e. The fourth-order valence-electron chi connectivity index (χ4n) is 2.07. The molecule has 0 radical (unpaired) electrons. The van der Waals surface area contributed by atoms with E-state index in [9.17, 15) is 14.9 Å². The minimum atomic E-state index is -0.471. The molecule has 0 aromatic heterocycles. The summed E-state index contributed by atoms with van der Waals surface area (Å²) in [6.45, 7) is 2.78. The normalized spacial score (nSPS) is 10.6. The number of amides is 1. The van der Waals surface area contributed by atoms with E-state index in [0.29, 0.717) is 17.9 Å². The Morgan fingerprint density at radius 2 is 2.00 bits per heavy atom. The van der Waals surface area contributed by atoms with E-state index < -0.39 is 4.92 Å². The van der Waals surface area contributed by atoms with Gasteiger partial charge in [-0.25, -0.2) is 0 Å². The van der Waals surface area contributed by atoms with E-state index in [2.05, 4.69) is 12.2 Å². The van der Waals surface area contributed by atoms with Crippen molar-refractivity contribution in [1.82, 2.24) is 0 Å². The molecule has 25 heavy (non-hydrogen) atoms. The zero-order valence-electron chi connectivity index (χ0n) is 14.0. The zero-order valence-corrected chi connectivity index (χ0v) is 14.0. The van der Waals surface area contributed by atoms with E-state index in [1.807, 2.05) is 0 Å². The number of carbonyl (C=O) groups is 1. The maximum absolute atomic E-state index is 11.9. The van der Waals surface area contributed by atoms with Crippen LogP contribution in [-0.4, -0.2) is 17.4 Å². The van der Waals surface area contributed by atoms with Crippen LogP contribution in [0.1, 0.15) is 25.3 Å². The molecule has 0 bridgehead atoms. The highest BCUT2D eigenvalue weighted by atomic mass is 16.6. The fraction of sp³-hybridized carbons (Fsp3) is 0.211. The summed E-state index contributed by atoms with van der Waals surface area (Å²) in [5, 5.41) is 13.5. The van der Waals surface area contributed by atoms with Crippen LogP contribution >= 0.6 is 0 Å². The summed E-state index contributed by atoms with van der Waals surface area (Å²) in [5.74, 6) is 0.449. The van der Waals surface area contributed by atoms with Crippen LogP contribution in [0.5, 0.6) is 5.75 Å². The van der Waals surface area contributed by atoms with Crippen molar-refractivity contribution in [2.24, 2.45) is 0 Å². The van der Waals surface area contributed by atoms with Crippen LogP contribution in [0, 0.1) is 10.1 Å². The lowest BCUT2D eigenvalue weighted by Crippen LogP contribution is -2.07. The molecule has 0 atom stereocenters. The number of hydrogen-bond acceptors (Lipinski definition) is 4. The molecular formula is C19H20N2O4. The third kappa shape index (κ3) is 6.10. The first kappa shape index (κ1) is 18.2. The summed E-state index contributed by atoms with van der Waals surface area (Å²) in [6, 6.07) is 13.2. The lowest BCUT2D eigenvalue weighted by atomic mass is 10.2. The number of hydrogen-bond donors (Lipinski definition) is 1. The van der Waals surface area contributed by atoms with Gasteiger partial charge in [-0.05, 0) is 42.3 Å². The van der Waals surface area contributed by atoms with Crippen molar-refractivity contribution >= 4 is 23.4 Å². The van der Waals surface area contributed by atoms with Crippen LogP contribution < -0.4 is 10.1 Å². The van der Waals surface area contributed by atoms with Gasteiger partial charge in [-0.15, -0.1) is 0 Å². The molecule has 0 aliphatic rings. The highest BCUT2D eigenvalue weighted by molar-refractivity contribution is 6.01. The van der Waals surface area contributed by atoms with Crippen molar-refractivity contribution in [2.75, 3.05) is 11.9 Å². The highest BCUT2D eigenvalue weighted by Crippen LogP contribution is 2.17. The van der Waals surface area contributed by atoms with E-state index >= 15 is 0 Å².